The Labute approximate surface area is 109 Å². The summed E-state index contributed by atoms with van der Waals surface area (Å²) < 4.78 is 0. The molecule has 0 unspecified atom stereocenters. The average molecular weight is 262 g/mol. The molecule has 1 aromatic rings. The van der Waals surface area contributed by atoms with E-state index in [9.17, 15) is 9.59 Å². The molecule has 0 amide bonds. The molecular formula is C14H14O3S. The van der Waals surface area contributed by atoms with Crippen molar-refractivity contribution in [1.29, 1.82) is 0 Å². The fourth-order valence-corrected chi connectivity index (χ4v) is 2.77. The fraction of sp³-hybridized carbons (Fsp3) is 0.286. The van der Waals surface area contributed by atoms with E-state index in [1.807, 2.05) is 18.2 Å². The normalized spacial score (nSPS) is 16.2. The molecule has 18 heavy (non-hydrogen) atoms. The zero-order valence-electron chi connectivity index (χ0n) is 10.1. The SMILES string of the molecule is C[C@H](C(=O)O)c1ccc(C(=O)C2=CCCC=C2)s1. The lowest BCUT2D eigenvalue weighted by atomic mass is 10.0. The summed E-state index contributed by atoms with van der Waals surface area (Å²) in [7, 11) is 0. The van der Waals surface area contributed by atoms with Crippen molar-refractivity contribution in [2.24, 2.45) is 0 Å². The Morgan fingerprint density at radius 2 is 2.11 bits per heavy atom. The van der Waals surface area contributed by atoms with E-state index in [4.69, 9.17) is 5.11 Å². The first-order valence-electron chi connectivity index (χ1n) is 5.83. The van der Waals surface area contributed by atoms with Crippen molar-refractivity contribution in [3.63, 3.8) is 0 Å². The maximum absolute atomic E-state index is 12.1. The summed E-state index contributed by atoms with van der Waals surface area (Å²) in [6, 6.07) is 3.44. The topological polar surface area (TPSA) is 54.4 Å². The number of carboxylic acids is 1. The minimum Gasteiger partial charge on any atom is -0.481 e. The number of carboxylic acid groups (broad SMARTS) is 1. The Balaban J connectivity index is 2.20. The first-order valence-corrected chi connectivity index (χ1v) is 6.65. The van der Waals surface area contributed by atoms with Crippen LogP contribution in [0.15, 0.2) is 35.9 Å². The smallest absolute Gasteiger partial charge is 0.311 e. The lowest BCUT2D eigenvalue weighted by Gasteiger charge is -2.04. The van der Waals surface area contributed by atoms with Gasteiger partial charge in [-0.3, -0.25) is 9.59 Å². The van der Waals surface area contributed by atoms with Gasteiger partial charge in [0.15, 0.2) is 0 Å². The van der Waals surface area contributed by atoms with Gasteiger partial charge in [-0.2, -0.15) is 0 Å². The Bertz CT molecular complexity index is 537. The summed E-state index contributed by atoms with van der Waals surface area (Å²) in [4.78, 5) is 24.4. The van der Waals surface area contributed by atoms with Crippen molar-refractivity contribution in [3.05, 3.63) is 45.7 Å². The highest BCUT2D eigenvalue weighted by atomic mass is 32.1. The number of carbonyl (C=O) groups excluding carboxylic acids is 1. The molecule has 0 bridgehead atoms. The summed E-state index contributed by atoms with van der Waals surface area (Å²) in [5.74, 6) is -1.44. The zero-order valence-corrected chi connectivity index (χ0v) is 10.9. The van der Waals surface area contributed by atoms with Crippen LogP contribution in [0, 0.1) is 0 Å². The lowest BCUT2D eigenvalue weighted by Crippen LogP contribution is -2.05. The molecule has 4 heteroatoms. The minimum atomic E-state index is -0.868. The lowest BCUT2D eigenvalue weighted by molar-refractivity contribution is -0.138. The third kappa shape index (κ3) is 2.59. The van der Waals surface area contributed by atoms with Gasteiger partial charge in [0, 0.05) is 10.5 Å². The van der Waals surface area contributed by atoms with Gasteiger partial charge in [0.05, 0.1) is 10.8 Å². The number of carbonyl (C=O) groups is 2. The number of thiophene rings is 1. The summed E-state index contributed by atoms with van der Waals surface area (Å²) in [6.45, 7) is 1.63. The fourth-order valence-electron chi connectivity index (χ4n) is 1.75. The number of Topliss-reactive ketones (excluding diaryl/α,β-unsaturated/α-hetero) is 1. The second kappa shape index (κ2) is 5.31. The molecule has 1 aliphatic rings. The van der Waals surface area contributed by atoms with E-state index in [1.165, 1.54) is 11.3 Å². The zero-order chi connectivity index (χ0) is 13.1. The van der Waals surface area contributed by atoms with Gasteiger partial charge in [0.2, 0.25) is 5.78 Å². The Morgan fingerprint density at radius 1 is 1.33 bits per heavy atom. The summed E-state index contributed by atoms with van der Waals surface area (Å²) >= 11 is 1.27. The second-order valence-electron chi connectivity index (χ2n) is 4.23. The van der Waals surface area contributed by atoms with Crippen LogP contribution in [0.4, 0.5) is 0 Å². The van der Waals surface area contributed by atoms with Crippen LogP contribution in [0.25, 0.3) is 0 Å². The van der Waals surface area contributed by atoms with Gasteiger partial charge in [-0.15, -0.1) is 11.3 Å². The molecule has 0 aromatic carbocycles. The van der Waals surface area contributed by atoms with Gasteiger partial charge in [-0.05, 0) is 31.9 Å². The van der Waals surface area contributed by atoms with Crippen molar-refractivity contribution in [2.75, 3.05) is 0 Å². The van der Waals surface area contributed by atoms with E-state index < -0.39 is 11.9 Å². The Hall–Kier alpha value is -1.68. The monoisotopic (exact) mass is 262 g/mol. The quantitative estimate of drug-likeness (QED) is 0.846. The summed E-state index contributed by atoms with van der Waals surface area (Å²) in [6.07, 6.45) is 7.62. The summed E-state index contributed by atoms with van der Waals surface area (Å²) in [5, 5.41) is 8.93. The third-order valence-electron chi connectivity index (χ3n) is 2.90. The van der Waals surface area contributed by atoms with Gasteiger partial charge in [0.1, 0.15) is 0 Å². The maximum Gasteiger partial charge on any atom is 0.311 e. The molecule has 2 rings (SSSR count). The van der Waals surface area contributed by atoms with E-state index in [-0.39, 0.29) is 5.78 Å². The van der Waals surface area contributed by atoms with Crippen molar-refractivity contribution in [1.82, 2.24) is 0 Å². The van der Waals surface area contributed by atoms with E-state index in [2.05, 4.69) is 0 Å². The Morgan fingerprint density at radius 3 is 2.72 bits per heavy atom. The first kappa shape index (κ1) is 12.8. The van der Waals surface area contributed by atoms with Gasteiger partial charge in [-0.1, -0.05) is 18.2 Å². The standard InChI is InChI=1S/C14H14O3S/c1-9(14(16)17)11-7-8-12(18-11)13(15)10-5-3-2-4-6-10/h3,5-9H,2,4H2,1H3,(H,16,17)/t9-/m0/s1. The Kier molecular flexibility index (Phi) is 3.77. The molecule has 0 fully saturated rings. The number of hydrogen-bond donors (Lipinski definition) is 1. The van der Waals surface area contributed by atoms with Crippen molar-refractivity contribution in [3.8, 4) is 0 Å². The van der Waals surface area contributed by atoms with E-state index in [1.54, 1.807) is 19.1 Å². The molecule has 0 spiro atoms. The van der Waals surface area contributed by atoms with Crippen molar-refractivity contribution in [2.45, 2.75) is 25.7 Å². The summed E-state index contributed by atoms with van der Waals surface area (Å²) in [5.41, 5.74) is 0.706. The van der Waals surface area contributed by atoms with Crippen LogP contribution in [-0.2, 0) is 4.79 Å². The van der Waals surface area contributed by atoms with Crippen molar-refractivity contribution < 1.29 is 14.7 Å². The molecule has 0 saturated carbocycles. The molecule has 1 heterocycles. The number of rotatable bonds is 4. The highest BCUT2D eigenvalue weighted by Crippen LogP contribution is 2.27. The molecule has 3 nitrogen and oxygen atoms in total. The molecule has 0 aliphatic heterocycles. The predicted octanol–water partition coefficient (Wildman–Crippen LogP) is 3.40. The molecule has 1 aromatic heterocycles. The number of aliphatic carboxylic acids is 1. The number of allylic oxidation sites excluding steroid dienone is 4. The van der Waals surface area contributed by atoms with Crippen LogP contribution in [-0.4, -0.2) is 16.9 Å². The maximum atomic E-state index is 12.1. The van der Waals surface area contributed by atoms with Crippen LogP contribution < -0.4 is 0 Å². The molecule has 1 atom stereocenters. The largest absolute Gasteiger partial charge is 0.481 e. The van der Waals surface area contributed by atoms with Gasteiger partial charge < -0.3 is 5.11 Å². The van der Waals surface area contributed by atoms with Gasteiger partial charge in [0.25, 0.3) is 0 Å². The minimum absolute atomic E-state index is 0.0141. The van der Waals surface area contributed by atoms with Crippen LogP contribution in [0.3, 0.4) is 0 Å². The highest BCUT2D eigenvalue weighted by Gasteiger charge is 2.19. The van der Waals surface area contributed by atoms with Crippen molar-refractivity contribution >= 4 is 23.1 Å². The van der Waals surface area contributed by atoms with E-state index in [0.29, 0.717) is 15.3 Å². The first-order chi connectivity index (χ1) is 8.59. The number of hydrogen-bond acceptors (Lipinski definition) is 3. The second-order valence-corrected chi connectivity index (χ2v) is 5.35. The molecule has 0 radical (unpaired) electrons. The third-order valence-corrected chi connectivity index (χ3v) is 4.17. The van der Waals surface area contributed by atoms with Gasteiger partial charge >= 0.3 is 5.97 Å². The molecule has 1 aliphatic carbocycles. The van der Waals surface area contributed by atoms with Gasteiger partial charge in [-0.25, -0.2) is 0 Å². The average Bonchev–Trinajstić information content (AvgIpc) is 2.87. The van der Waals surface area contributed by atoms with Crippen LogP contribution in [0.5, 0.6) is 0 Å². The molecular weight excluding hydrogens is 248 g/mol. The predicted molar refractivity (Wildman–Crippen MR) is 71.2 cm³/mol. The van der Waals surface area contributed by atoms with E-state index in [0.717, 1.165) is 12.8 Å². The van der Waals surface area contributed by atoms with E-state index >= 15 is 0 Å². The van der Waals surface area contributed by atoms with Crippen LogP contribution in [0.1, 0.15) is 40.2 Å². The van der Waals surface area contributed by atoms with Crippen LogP contribution in [0.2, 0.25) is 0 Å². The molecule has 94 valence electrons. The molecule has 1 N–H and O–H groups in total. The van der Waals surface area contributed by atoms with Crippen LogP contribution >= 0.6 is 11.3 Å². The number of ketones is 1. The molecule has 0 saturated heterocycles. The highest BCUT2D eigenvalue weighted by molar-refractivity contribution is 7.14.